The molecule has 1 amide bonds. The fourth-order valence-electron chi connectivity index (χ4n) is 3.42. The SMILES string of the molecule is Cc1cccc(CS(=O)(=O)N2CCNC(=O)C2c2ccc(C(C)C)cc2)c1. The van der Waals surface area contributed by atoms with E-state index in [0.717, 1.165) is 16.7 Å². The van der Waals surface area contributed by atoms with Gasteiger partial charge in [0, 0.05) is 13.1 Å². The highest BCUT2D eigenvalue weighted by atomic mass is 32.2. The van der Waals surface area contributed by atoms with Crippen LogP contribution >= 0.6 is 0 Å². The molecular formula is C21H26N2O3S. The van der Waals surface area contributed by atoms with Crippen molar-refractivity contribution in [3.05, 3.63) is 70.8 Å². The first-order valence-corrected chi connectivity index (χ1v) is 10.8. The van der Waals surface area contributed by atoms with Crippen LogP contribution in [-0.2, 0) is 20.6 Å². The quantitative estimate of drug-likeness (QED) is 0.859. The highest BCUT2D eigenvalue weighted by Crippen LogP contribution is 2.29. The van der Waals surface area contributed by atoms with Gasteiger partial charge in [-0.1, -0.05) is 67.9 Å². The lowest BCUT2D eigenvalue weighted by molar-refractivity contribution is -0.126. The molecule has 0 aliphatic carbocycles. The summed E-state index contributed by atoms with van der Waals surface area (Å²) >= 11 is 0. The molecular weight excluding hydrogens is 360 g/mol. The Morgan fingerprint density at radius 3 is 2.48 bits per heavy atom. The van der Waals surface area contributed by atoms with Gasteiger partial charge in [-0.3, -0.25) is 4.79 Å². The van der Waals surface area contributed by atoms with Gasteiger partial charge in [-0.25, -0.2) is 8.42 Å². The van der Waals surface area contributed by atoms with Crippen LogP contribution in [0.4, 0.5) is 0 Å². The van der Waals surface area contributed by atoms with E-state index in [9.17, 15) is 13.2 Å². The van der Waals surface area contributed by atoms with Gasteiger partial charge in [0.15, 0.2) is 0 Å². The highest BCUT2D eigenvalue weighted by Gasteiger charge is 2.38. The predicted octanol–water partition coefficient (Wildman–Crippen LogP) is 3.12. The van der Waals surface area contributed by atoms with Gasteiger partial charge in [-0.15, -0.1) is 0 Å². The standard InChI is InChI=1S/C21H26N2O3S/c1-15(2)18-7-9-19(10-8-18)20-21(24)22-11-12-23(20)27(25,26)14-17-6-4-5-16(3)13-17/h4-10,13,15,20H,11-12,14H2,1-3H3,(H,22,24). The van der Waals surface area contributed by atoms with E-state index in [1.807, 2.05) is 49.4 Å². The molecule has 0 bridgehead atoms. The number of nitrogens with zero attached hydrogens (tertiary/aromatic N) is 1. The Morgan fingerprint density at radius 2 is 1.85 bits per heavy atom. The van der Waals surface area contributed by atoms with Gasteiger partial charge in [-0.2, -0.15) is 4.31 Å². The molecule has 5 nitrogen and oxygen atoms in total. The molecule has 1 aliphatic rings. The van der Waals surface area contributed by atoms with E-state index in [4.69, 9.17) is 0 Å². The van der Waals surface area contributed by atoms with Crippen molar-refractivity contribution >= 4 is 15.9 Å². The van der Waals surface area contributed by atoms with Gasteiger partial charge < -0.3 is 5.32 Å². The maximum Gasteiger partial charge on any atom is 0.243 e. The third-order valence-electron chi connectivity index (χ3n) is 4.88. The van der Waals surface area contributed by atoms with Crippen molar-refractivity contribution in [1.82, 2.24) is 9.62 Å². The molecule has 2 aromatic rings. The number of hydrogen-bond donors (Lipinski definition) is 1. The van der Waals surface area contributed by atoms with Gasteiger partial charge in [0.1, 0.15) is 6.04 Å². The summed E-state index contributed by atoms with van der Waals surface area (Å²) < 4.78 is 27.6. The molecule has 1 unspecified atom stereocenters. The summed E-state index contributed by atoms with van der Waals surface area (Å²) in [6, 6.07) is 14.3. The van der Waals surface area contributed by atoms with Crippen LogP contribution in [0.3, 0.4) is 0 Å². The Kier molecular flexibility index (Phi) is 5.67. The molecule has 2 aromatic carbocycles. The molecule has 1 saturated heterocycles. The van der Waals surface area contributed by atoms with Gasteiger partial charge >= 0.3 is 0 Å². The third kappa shape index (κ3) is 4.39. The zero-order chi connectivity index (χ0) is 19.6. The predicted molar refractivity (Wildman–Crippen MR) is 107 cm³/mol. The lowest BCUT2D eigenvalue weighted by Crippen LogP contribution is -2.52. The molecule has 1 aliphatic heterocycles. The lowest BCUT2D eigenvalue weighted by Gasteiger charge is -2.34. The van der Waals surface area contributed by atoms with Crippen LogP contribution in [0.15, 0.2) is 48.5 Å². The first kappa shape index (κ1) is 19.6. The van der Waals surface area contributed by atoms with Crippen molar-refractivity contribution in [2.45, 2.75) is 38.5 Å². The minimum Gasteiger partial charge on any atom is -0.353 e. The summed E-state index contributed by atoms with van der Waals surface area (Å²) in [5.74, 6) is -0.00512. The second kappa shape index (κ2) is 7.82. The number of amides is 1. The van der Waals surface area contributed by atoms with E-state index in [1.165, 1.54) is 4.31 Å². The zero-order valence-corrected chi connectivity index (χ0v) is 16.8. The molecule has 0 saturated carbocycles. The minimum atomic E-state index is -3.64. The summed E-state index contributed by atoms with van der Waals surface area (Å²) in [5, 5.41) is 2.80. The van der Waals surface area contributed by atoms with Gasteiger partial charge in [0.25, 0.3) is 0 Å². The maximum absolute atomic E-state index is 13.1. The van der Waals surface area contributed by atoms with E-state index in [-0.39, 0.29) is 18.2 Å². The minimum absolute atomic E-state index is 0.109. The maximum atomic E-state index is 13.1. The number of carbonyl (C=O) groups is 1. The number of rotatable bonds is 5. The van der Waals surface area contributed by atoms with Crippen molar-refractivity contribution in [3.63, 3.8) is 0 Å². The average molecular weight is 387 g/mol. The number of hydrogen-bond acceptors (Lipinski definition) is 3. The Hall–Kier alpha value is -2.18. The van der Waals surface area contributed by atoms with Crippen LogP contribution in [0.5, 0.6) is 0 Å². The Morgan fingerprint density at radius 1 is 1.15 bits per heavy atom. The van der Waals surface area contributed by atoms with Crippen molar-refractivity contribution < 1.29 is 13.2 Å². The van der Waals surface area contributed by atoms with Crippen LogP contribution < -0.4 is 5.32 Å². The second-order valence-electron chi connectivity index (χ2n) is 7.37. The number of piperazine rings is 1. The monoisotopic (exact) mass is 386 g/mol. The van der Waals surface area contributed by atoms with Crippen LogP contribution in [-0.4, -0.2) is 31.7 Å². The molecule has 144 valence electrons. The molecule has 0 aromatic heterocycles. The topological polar surface area (TPSA) is 66.5 Å². The smallest absolute Gasteiger partial charge is 0.243 e. The summed E-state index contributed by atoms with van der Waals surface area (Å²) in [5.41, 5.74) is 3.60. The second-order valence-corrected chi connectivity index (χ2v) is 9.29. The number of aryl methyl sites for hydroxylation is 1. The van der Waals surface area contributed by atoms with Gasteiger partial charge in [0.2, 0.25) is 15.9 Å². The van der Waals surface area contributed by atoms with Crippen LogP contribution in [0.2, 0.25) is 0 Å². The molecule has 0 radical (unpaired) electrons. The molecule has 1 heterocycles. The summed E-state index contributed by atoms with van der Waals surface area (Å²) in [6.45, 7) is 6.73. The summed E-state index contributed by atoms with van der Waals surface area (Å²) in [7, 11) is -3.64. The third-order valence-corrected chi connectivity index (χ3v) is 6.68. The first-order chi connectivity index (χ1) is 12.8. The number of benzene rings is 2. The van der Waals surface area contributed by atoms with E-state index >= 15 is 0 Å². The first-order valence-electron chi connectivity index (χ1n) is 9.20. The number of sulfonamides is 1. The molecule has 1 fully saturated rings. The number of carbonyl (C=O) groups excluding carboxylic acids is 1. The fourth-order valence-corrected chi connectivity index (χ4v) is 5.10. The highest BCUT2D eigenvalue weighted by molar-refractivity contribution is 7.88. The molecule has 27 heavy (non-hydrogen) atoms. The van der Waals surface area contributed by atoms with E-state index in [0.29, 0.717) is 18.0 Å². The van der Waals surface area contributed by atoms with Gasteiger partial charge in [0.05, 0.1) is 5.75 Å². The fraction of sp³-hybridized carbons (Fsp3) is 0.381. The molecule has 1 atom stereocenters. The lowest BCUT2D eigenvalue weighted by atomic mass is 9.98. The Bertz CT molecular complexity index is 921. The van der Waals surface area contributed by atoms with E-state index in [1.54, 1.807) is 6.07 Å². The van der Waals surface area contributed by atoms with Gasteiger partial charge in [-0.05, 0) is 29.5 Å². The largest absolute Gasteiger partial charge is 0.353 e. The summed E-state index contributed by atoms with van der Waals surface area (Å²) in [4.78, 5) is 12.6. The molecule has 3 rings (SSSR count). The molecule has 6 heteroatoms. The summed E-state index contributed by atoms with van der Waals surface area (Å²) in [6.07, 6.45) is 0. The molecule has 0 spiro atoms. The van der Waals surface area contributed by atoms with Crippen LogP contribution in [0.25, 0.3) is 0 Å². The number of nitrogens with one attached hydrogen (secondary N) is 1. The van der Waals surface area contributed by atoms with E-state index in [2.05, 4.69) is 19.2 Å². The molecule has 1 N–H and O–H groups in total. The van der Waals surface area contributed by atoms with Crippen molar-refractivity contribution in [1.29, 1.82) is 0 Å². The Labute approximate surface area is 161 Å². The van der Waals surface area contributed by atoms with Crippen molar-refractivity contribution in [3.8, 4) is 0 Å². The normalized spacial score (nSPS) is 18.5. The average Bonchev–Trinajstić information content (AvgIpc) is 2.61. The Balaban J connectivity index is 1.92. The van der Waals surface area contributed by atoms with Crippen LogP contribution in [0, 0.1) is 6.92 Å². The van der Waals surface area contributed by atoms with E-state index < -0.39 is 16.1 Å². The zero-order valence-electron chi connectivity index (χ0n) is 16.0. The van der Waals surface area contributed by atoms with Crippen molar-refractivity contribution in [2.24, 2.45) is 0 Å². The van der Waals surface area contributed by atoms with Crippen molar-refractivity contribution in [2.75, 3.05) is 13.1 Å². The van der Waals surface area contributed by atoms with Crippen LogP contribution in [0.1, 0.15) is 48.1 Å².